The molecule has 1 aromatic carbocycles. The van der Waals surface area contributed by atoms with E-state index in [1.807, 2.05) is 24.3 Å². The van der Waals surface area contributed by atoms with E-state index >= 15 is 0 Å². The molecule has 1 N–H and O–H groups in total. The van der Waals surface area contributed by atoms with Gasteiger partial charge in [0.25, 0.3) is 0 Å². The molecule has 1 aliphatic carbocycles. The van der Waals surface area contributed by atoms with Crippen molar-refractivity contribution in [1.82, 2.24) is 5.32 Å². The van der Waals surface area contributed by atoms with Crippen molar-refractivity contribution in [3.63, 3.8) is 0 Å². The lowest BCUT2D eigenvalue weighted by molar-refractivity contribution is 0.206. The van der Waals surface area contributed by atoms with Gasteiger partial charge in [0.15, 0.2) is 6.61 Å². The molecule has 108 valence electrons. The Hall–Kier alpha value is -1.53. The quantitative estimate of drug-likeness (QED) is 0.890. The molecule has 2 rings (SSSR count). The van der Waals surface area contributed by atoms with Gasteiger partial charge in [0.1, 0.15) is 11.8 Å². The largest absolute Gasteiger partial charge is 0.479 e. The van der Waals surface area contributed by atoms with E-state index in [-0.39, 0.29) is 6.61 Å². The smallest absolute Gasteiger partial charge is 0.174 e. The van der Waals surface area contributed by atoms with Crippen molar-refractivity contribution in [2.45, 2.75) is 52.1 Å². The van der Waals surface area contributed by atoms with Gasteiger partial charge in [0.05, 0.1) is 0 Å². The van der Waals surface area contributed by atoms with Gasteiger partial charge in [0.2, 0.25) is 0 Å². The number of rotatable bonds is 5. The molecular weight excluding hydrogens is 248 g/mol. The van der Waals surface area contributed by atoms with Crippen LogP contribution in [0.3, 0.4) is 0 Å². The highest BCUT2D eigenvalue weighted by molar-refractivity contribution is 5.28. The summed E-state index contributed by atoms with van der Waals surface area (Å²) in [6.45, 7) is 5.70. The standard InChI is InChI=1S/C17H24N2O/c1-17(2)8-6-15(7-9-17)19-13-14-4-3-5-16(12-14)20-11-10-18/h3-5,12,15,19H,6-9,11,13H2,1-2H3. The van der Waals surface area contributed by atoms with Crippen LogP contribution in [0.1, 0.15) is 45.1 Å². The summed E-state index contributed by atoms with van der Waals surface area (Å²) in [7, 11) is 0. The summed E-state index contributed by atoms with van der Waals surface area (Å²) < 4.78 is 5.33. The lowest BCUT2D eigenvalue weighted by Crippen LogP contribution is -2.35. The van der Waals surface area contributed by atoms with Gasteiger partial charge in [-0.25, -0.2) is 0 Å². The first-order valence-electron chi connectivity index (χ1n) is 7.41. The Morgan fingerprint density at radius 3 is 2.80 bits per heavy atom. The number of nitrogens with zero attached hydrogens (tertiary/aromatic N) is 1. The number of hydrogen-bond donors (Lipinski definition) is 1. The van der Waals surface area contributed by atoms with Gasteiger partial charge in [-0.2, -0.15) is 5.26 Å². The molecule has 0 aromatic heterocycles. The van der Waals surface area contributed by atoms with Crippen molar-refractivity contribution in [2.75, 3.05) is 6.61 Å². The average Bonchev–Trinajstić information content (AvgIpc) is 2.44. The van der Waals surface area contributed by atoms with Crippen molar-refractivity contribution in [2.24, 2.45) is 5.41 Å². The summed E-state index contributed by atoms with van der Waals surface area (Å²) in [6, 6.07) is 10.6. The summed E-state index contributed by atoms with van der Waals surface area (Å²) in [5.74, 6) is 0.774. The molecule has 3 nitrogen and oxygen atoms in total. The molecule has 0 bridgehead atoms. The van der Waals surface area contributed by atoms with E-state index in [9.17, 15) is 0 Å². The molecule has 0 heterocycles. The van der Waals surface area contributed by atoms with E-state index in [4.69, 9.17) is 10.00 Å². The van der Waals surface area contributed by atoms with Crippen molar-refractivity contribution in [1.29, 1.82) is 5.26 Å². The Kier molecular flexibility index (Phi) is 5.03. The number of nitrogens with one attached hydrogen (secondary N) is 1. The zero-order chi connectivity index (χ0) is 14.4. The second-order valence-electron chi connectivity index (χ2n) is 6.41. The van der Waals surface area contributed by atoms with Gasteiger partial charge in [-0.15, -0.1) is 0 Å². The minimum absolute atomic E-state index is 0.106. The lowest BCUT2D eigenvalue weighted by atomic mass is 9.75. The van der Waals surface area contributed by atoms with Crippen LogP contribution in [0.15, 0.2) is 24.3 Å². The Labute approximate surface area is 121 Å². The maximum absolute atomic E-state index is 8.53. The monoisotopic (exact) mass is 272 g/mol. The third-order valence-corrected chi connectivity index (χ3v) is 4.14. The van der Waals surface area contributed by atoms with Gasteiger partial charge in [-0.1, -0.05) is 26.0 Å². The summed E-state index contributed by atoms with van der Waals surface area (Å²) in [4.78, 5) is 0. The molecule has 0 amide bonds. The first-order valence-corrected chi connectivity index (χ1v) is 7.41. The molecule has 0 atom stereocenters. The van der Waals surface area contributed by atoms with E-state index in [0.29, 0.717) is 11.5 Å². The lowest BCUT2D eigenvalue weighted by Gasteiger charge is -2.34. The summed E-state index contributed by atoms with van der Waals surface area (Å²) in [5, 5.41) is 12.2. The average molecular weight is 272 g/mol. The first-order chi connectivity index (χ1) is 9.59. The zero-order valence-electron chi connectivity index (χ0n) is 12.5. The van der Waals surface area contributed by atoms with Crippen LogP contribution in [0.4, 0.5) is 0 Å². The Morgan fingerprint density at radius 1 is 1.35 bits per heavy atom. The van der Waals surface area contributed by atoms with Gasteiger partial charge in [0, 0.05) is 12.6 Å². The molecule has 0 saturated heterocycles. The fourth-order valence-corrected chi connectivity index (χ4v) is 2.73. The summed E-state index contributed by atoms with van der Waals surface area (Å²) >= 11 is 0. The molecule has 0 radical (unpaired) electrons. The summed E-state index contributed by atoms with van der Waals surface area (Å²) in [6.07, 6.45) is 5.13. The van der Waals surface area contributed by atoms with E-state index in [0.717, 1.165) is 12.3 Å². The normalized spacial score (nSPS) is 18.4. The first kappa shape index (κ1) is 14.9. The molecule has 20 heavy (non-hydrogen) atoms. The van der Waals surface area contributed by atoms with Gasteiger partial charge < -0.3 is 10.1 Å². The molecule has 1 saturated carbocycles. The fourth-order valence-electron chi connectivity index (χ4n) is 2.73. The van der Waals surface area contributed by atoms with Crippen LogP contribution < -0.4 is 10.1 Å². The molecular formula is C17H24N2O. The Balaban J connectivity index is 1.81. The zero-order valence-corrected chi connectivity index (χ0v) is 12.5. The van der Waals surface area contributed by atoms with Crippen molar-refractivity contribution >= 4 is 0 Å². The molecule has 1 aromatic rings. The minimum Gasteiger partial charge on any atom is -0.479 e. The molecule has 3 heteroatoms. The molecule has 1 fully saturated rings. The van der Waals surface area contributed by atoms with E-state index in [1.165, 1.54) is 31.2 Å². The minimum atomic E-state index is 0.106. The van der Waals surface area contributed by atoms with Crippen LogP contribution >= 0.6 is 0 Å². The fraction of sp³-hybridized carbons (Fsp3) is 0.588. The van der Waals surface area contributed by atoms with Crippen LogP contribution in [0, 0.1) is 16.7 Å². The van der Waals surface area contributed by atoms with Crippen molar-refractivity contribution in [3.05, 3.63) is 29.8 Å². The second kappa shape index (κ2) is 6.76. The number of nitriles is 1. The number of benzene rings is 1. The second-order valence-corrected chi connectivity index (χ2v) is 6.41. The van der Waals surface area contributed by atoms with E-state index < -0.39 is 0 Å². The van der Waals surface area contributed by atoms with Crippen LogP contribution in [0.25, 0.3) is 0 Å². The molecule has 0 aliphatic heterocycles. The van der Waals surface area contributed by atoms with Crippen LogP contribution in [-0.2, 0) is 6.54 Å². The van der Waals surface area contributed by atoms with Gasteiger partial charge >= 0.3 is 0 Å². The highest BCUT2D eigenvalue weighted by Gasteiger charge is 2.26. The Bertz CT molecular complexity index is 466. The number of ether oxygens (including phenoxy) is 1. The SMILES string of the molecule is CC1(C)CCC(NCc2cccc(OCC#N)c2)CC1. The maximum atomic E-state index is 8.53. The van der Waals surface area contributed by atoms with Crippen LogP contribution in [0.5, 0.6) is 5.75 Å². The third kappa shape index (κ3) is 4.54. The predicted octanol–water partition coefficient (Wildman–Crippen LogP) is 3.65. The topological polar surface area (TPSA) is 45.0 Å². The van der Waals surface area contributed by atoms with E-state index in [2.05, 4.69) is 25.2 Å². The van der Waals surface area contributed by atoms with E-state index in [1.54, 1.807) is 0 Å². The van der Waals surface area contributed by atoms with Crippen molar-refractivity contribution in [3.8, 4) is 11.8 Å². The molecule has 1 aliphatic rings. The maximum Gasteiger partial charge on any atom is 0.174 e. The number of hydrogen-bond acceptors (Lipinski definition) is 3. The van der Waals surface area contributed by atoms with Crippen LogP contribution in [-0.4, -0.2) is 12.6 Å². The van der Waals surface area contributed by atoms with Crippen molar-refractivity contribution < 1.29 is 4.74 Å². The highest BCUT2D eigenvalue weighted by atomic mass is 16.5. The molecule has 0 unspecified atom stereocenters. The van der Waals surface area contributed by atoms with Crippen LogP contribution in [0.2, 0.25) is 0 Å². The highest BCUT2D eigenvalue weighted by Crippen LogP contribution is 2.35. The summed E-state index contributed by atoms with van der Waals surface area (Å²) in [5.41, 5.74) is 1.73. The molecule has 0 spiro atoms. The third-order valence-electron chi connectivity index (χ3n) is 4.14. The Morgan fingerprint density at radius 2 is 2.10 bits per heavy atom. The predicted molar refractivity (Wildman–Crippen MR) is 80.4 cm³/mol. The van der Waals surface area contributed by atoms with Gasteiger partial charge in [-0.05, 0) is 48.8 Å². The van der Waals surface area contributed by atoms with Gasteiger partial charge in [-0.3, -0.25) is 0 Å².